The van der Waals surface area contributed by atoms with E-state index in [9.17, 15) is 19.5 Å². The van der Waals surface area contributed by atoms with Gasteiger partial charge in [-0.2, -0.15) is 0 Å². The molecule has 1 aliphatic heterocycles. The number of amides is 1. The largest absolute Gasteiger partial charge is 0.505 e. The Morgan fingerprint density at radius 3 is 2.55 bits per heavy atom. The van der Waals surface area contributed by atoms with Crippen LogP contribution < -0.4 is 9.64 Å². The number of aliphatic hydroxyl groups is 1. The Kier molecular flexibility index (Phi) is 7.16. The van der Waals surface area contributed by atoms with Gasteiger partial charge in [-0.25, -0.2) is 14.8 Å². The number of fused-ring (bicyclic) bond motifs is 1. The molecule has 1 amide bonds. The van der Waals surface area contributed by atoms with E-state index in [2.05, 4.69) is 9.97 Å². The van der Waals surface area contributed by atoms with Gasteiger partial charge in [0.2, 0.25) is 0 Å². The molecular weight excluding hydrogens is 532 g/mol. The molecule has 40 heavy (non-hydrogen) atoms. The van der Waals surface area contributed by atoms with Gasteiger partial charge in [-0.15, -0.1) is 0 Å². The van der Waals surface area contributed by atoms with Crippen molar-refractivity contribution in [3.63, 3.8) is 0 Å². The van der Waals surface area contributed by atoms with Crippen molar-refractivity contribution in [2.45, 2.75) is 40.7 Å². The van der Waals surface area contributed by atoms with Crippen molar-refractivity contribution in [1.29, 1.82) is 0 Å². The van der Waals surface area contributed by atoms with Crippen LogP contribution >= 0.6 is 11.3 Å². The molecule has 0 bridgehead atoms. The third kappa shape index (κ3) is 4.41. The summed E-state index contributed by atoms with van der Waals surface area (Å²) in [7, 11) is 0. The summed E-state index contributed by atoms with van der Waals surface area (Å²) in [5.74, 6) is -2.19. The Balaban J connectivity index is 1.74. The van der Waals surface area contributed by atoms with Crippen LogP contribution in [0.1, 0.15) is 57.8 Å². The van der Waals surface area contributed by atoms with E-state index in [0.717, 1.165) is 16.9 Å². The van der Waals surface area contributed by atoms with E-state index < -0.39 is 29.5 Å². The number of aromatic nitrogens is 3. The maximum absolute atomic E-state index is 13.6. The van der Waals surface area contributed by atoms with Gasteiger partial charge in [0.15, 0.2) is 10.9 Å². The van der Waals surface area contributed by atoms with Crippen LogP contribution in [-0.4, -0.2) is 50.3 Å². The molecule has 10 nitrogen and oxygen atoms in total. The summed E-state index contributed by atoms with van der Waals surface area (Å²) in [5.41, 5.74) is 3.08. The van der Waals surface area contributed by atoms with Crippen LogP contribution in [0.25, 0.3) is 11.4 Å². The van der Waals surface area contributed by atoms with Gasteiger partial charge in [-0.1, -0.05) is 29.5 Å². The number of anilines is 1. The highest BCUT2D eigenvalue weighted by Crippen LogP contribution is 2.44. The molecule has 11 heteroatoms. The Bertz CT molecular complexity index is 1700. The lowest BCUT2D eigenvalue weighted by atomic mass is 9.96. The second kappa shape index (κ2) is 10.6. The molecule has 1 N–H and O–H groups in total. The predicted octanol–water partition coefficient (Wildman–Crippen LogP) is 4.92. The van der Waals surface area contributed by atoms with Crippen LogP contribution in [0, 0.1) is 20.8 Å². The minimum Gasteiger partial charge on any atom is -0.505 e. The Morgan fingerprint density at radius 2 is 1.85 bits per heavy atom. The Hall–Kier alpha value is -4.51. The van der Waals surface area contributed by atoms with Gasteiger partial charge in [0, 0.05) is 6.20 Å². The number of nitrogens with zero attached hydrogens (tertiary/aromatic N) is 4. The van der Waals surface area contributed by atoms with Gasteiger partial charge in [-0.3, -0.25) is 14.5 Å². The number of hydrogen-bond acceptors (Lipinski definition) is 9. The molecule has 5 rings (SSSR count). The number of aryl methyl sites for hydroxylation is 3. The van der Waals surface area contributed by atoms with Crippen molar-refractivity contribution in [1.82, 2.24) is 14.4 Å². The number of pyridine rings is 1. The molecule has 1 unspecified atom stereocenters. The van der Waals surface area contributed by atoms with Crippen molar-refractivity contribution in [2.75, 3.05) is 18.1 Å². The monoisotopic (exact) mass is 560 g/mol. The molecule has 1 atom stereocenters. The molecule has 0 radical (unpaired) electrons. The van der Waals surface area contributed by atoms with E-state index in [1.54, 1.807) is 45.0 Å². The highest BCUT2D eigenvalue weighted by atomic mass is 32.1. The Labute approximate surface area is 234 Å². The number of Topliss-reactive ketones (excluding diaryl/α,β-unsaturated/α-hetero) is 1. The maximum Gasteiger partial charge on any atom is 0.350 e. The van der Waals surface area contributed by atoms with E-state index in [1.807, 2.05) is 36.6 Å². The molecule has 4 aromatic rings. The maximum atomic E-state index is 13.6. The SMILES string of the molecule is CCOC(=O)c1sc(N2C(=O)C(=O)C(=C(O)c3nc4c(C)cccn4c3C)C2c2cccc(OCC)c2)nc1C. The first kappa shape index (κ1) is 27.1. The molecule has 0 aliphatic carbocycles. The Morgan fingerprint density at radius 1 is 1.07 bits per heavy atom. The number of hydrogen-bond donors (Lipinski definition) is 1. The highest BCUT2D eigenvalue weighted by Gasteiger charge is 2.49. The number of aliphatic hydroxyl groups excluding tert-OH is 1. The second-order valence-electron chi connectivity index (χ2n) is 9.24. The van der Waals surface area contributed by atoms with Gasteiger partial charge in [0.05, 0.1) is 36.2 Å². The summed E-state index contributed by atoms with van der Waals surface area (Å²) in [6.45, 7) is 9.46. The van der Waals surface area contributed by atoms with Gasteiger partial charge >= 0.3 is 11.9 Å². The third-order valence-corrected chi connectivity index (χ3v) is 7.83. The van der Waals surface area contributed by atoms with Crippen molar-refractivity contribution in [3.05, 3.63) is 81.3 Å². The topological polar surface area (TPSA) is 123 Å². The van der Waals surface area contributed by atoms with E-state index in [4.69, 9.17) is 9.47 Å². The minimum absolute atomic E-state index is 0.131. The molecule has 1 aromatic carbocycles. The zero-order chi connectivity index (χ0) is 28.7. The summed E-state index contributed by atoms with van der Waals surface area (Å²) in [5, 5.41) is 11.8. The van der Waals surface area contributed by atoms with Crippen molar-refractivity contribution in [3.8, 4) is 5.75 Å². The highest BCUT2D eigenvalue weighted by molar-refractivity contribution is 7.17. The van der Waals surface area contributed by atoms with Crippen LogP contribution in [0.2, 0.25) is 0 Å². The molecule has 0 spiro atoms. The fraction of sp³-hybridized carbons (Fsp3) is 0.276. The summed E-state index contributed by atoms with van der Waals surface area (Å²) >= 11 is 0.954. The minimum atomic E-state index is -1.05. The number of esters is 1. The van der Waals surface area contributed by atoms with Gasteiger partial charge in [0.25, 0.3) is 5.78 Å². The number of benzene rings is 1. The summed E-state index contributed by atoms with van der Waals surface area (Å²) in [6.07, 6.45) is 1.82. The van der Waals surface area contributed by atoms with E-state index in [-0.39, 0.29) is 27.9 Å². The normalized spacial score (nSPS) is 16.6. The lowest BCUT2D eigenvalue weighted by molar-refractivity contribution is -0.132. The molecule has 3 aromatic heterocycles. The van der Waals surface area contributed by atoms with E-state index in [0.29, 0.717) is 35.0 Å². The first-order valence-corrected chi connectivity index (χ1v) is 13.6. The van der Waals surface area contributed by atoms with Crippen molar-refractivity contribution >= 4 is 45.5 Å². The fourth-order valence-electron chi connectivity index (χ4n) is 4.83. The van der Waals surface area contributed by atoms with Crippen LogP contribution in [0.15, 0.2) is 48.2 Å². The molecule has 206 valence electrons. The summed E-state index contributed by atoms with van der Waals surface area (Å²) in [6, 6.07) is 9.69. The van der Waals surface area contributed by atoms with Crippen LogP contribution in [0.4, 0.5) is 5.13 Å². The first-order valence-electron chi connectivity index (χ1n) is 12.8. The van der Waals surface area contributed by atoms with E-state index in [1.165, 1.54) is 4.90 Å². The number of ketones is 1. The number of imidazole rings is 1. The van der Waals surface area contributed by atoms with Gasteiger partial charge in [-0.05, 0) is 63.9 Å². The zero-order valence-corrected chi connectivity index (χ0v) is 23.5. The molecule has 0 saturated carbocycles. The van der Waals surface area contributed by atoms with Crippen LogP contribution in [0.3, 0.4) is 0 Å². The smallest absolute Gasteiger partial charge is 0.350 e. The molecular formula is C29H28N4O6S. The predicted molar refractivity (Wildman–Crippen MR) is 150 cm³/mol. The van der Waals surface area contributed by atoms with Crippen molar-refractivity contribution < 1.29 is 29.0 Å². The summed E-state index contributed by atoms with van der Waals surface area (Å²) in [4.78, 5) is 50.3. The lowest BCUT2D eigenvalue weighted by Crippen LogP contribution is -2.29. The fourth-order valence-corrected chi connectivity index (χ4v) is 5.82. The zero-order valence-electron chi connectivity index (χ0n) is 22.7. The number of rotatable bonds is 7. The third-order valence-electron chi connectivity index (χ3n) is 6.69. The molecule has 1 fully saturated rings. The van der Waals surface area contributed by atoms with E-state index >= 15 is 0 Å². The molecule has 4 heterocycles. The van der Waals surface area contributed by atoms with Crippen LogP contribution in [0.5, 0.6) is 5.75 Å². The number of carbonyl (C=O) groups excluding carboxylic acids is 3. The van der Waals surface area contributed by atoms with Gasteiger partial charge < -0.3 is 19.0 Å². The average molecular weight is 561 g/mol. The average Bonchev–Trinajstić information content (AvgIpc) is 3.56. The molecule has 1 saturated heterocycles. The quantitative estimate of drug-likeness (QED) is 0.146. The number of ether oxygens (including phenoxy) is 2. The first-order chi connectivity index (χ1) is 19.2. The number of thiazole rings is 1. The second-order valence-corrected chi connectivity index (χ2v) is 10.2. The lowest BCUT2D eigenvalue weighted by Gasteiger charge is -2.23. The van der Waals surface area contributed by atoms with Crippen LogP contribution in [-0.2, 0) is 14.3 Å². The van der Waals surface area contributed by atoms with Gasteiger partial charge in [0.1, 0.15) is 22.0 Å². The summed E-state index contributed by atoms with van der Waals surface area (Å²) < 4.78 is 12.6. The molecule has 1 aliphatic rings. The standard InChI is InChI=1S/C29H28N4O6S/c1-6-38-19-12-8-11-18(14-19)22-20(23(34)21-17(5)32-13-9-10-15(3)26(32)31-21)24(35)27(36)33(22)29-30-16(4)25(40-29)28(37)39-7-2/h8-14,22,34H,6-7H2,1-5H3. The van der Waals surface area contributed by atoms with Crippen molar-refractivity contribution in [2.24, 2.45) is 0 Å². The number of carbonyl (C=O) groups is 3.